The minimum absolute atomic E-state index is 0.0774. The molecule has 0 radical (unpaired) electrons. The number of carbonyl (C=O) groups excluding carboxylic acids is 1. The third-order valence-corrected chi connectivity index (χ3v) is 7.93. The molecule has 0 aromatic rings. The van der Waals surface area contributed by atoms with Gasteiger partial charge in [-0.15, -0.1) is 0 Å². The zero-order valence-corrected chi connectivity index (χ0v) is 16.8. The molecule has 0 aromatic heterocycles. The molecule has 0 saturated heterocycles. The molecule has 0 N–H and O–H groups in total. The Kier molecular flexibility index (Phi) is 14.1. The van der Waals surface area contributed by atoms with E-state index in [4.69, 9.17) is 4.43 Å². The molecule has 0 bridgehead atoms. The molecule has 0 atom stereocenters. The second kappa shape index (κ2) is 11.4. The minimum atomic E-state index is -1.94. The van der Waals surface area contributed by atoms with Crippen LogP contribution in [0.3, 0.4) is 0 Å². The van der Waals surface area contributed by atoms with E-state index in [-0.39, 0.29) is 5.04 Å². The van der Waals surface area contributed by atoms with Gasteiger partial charge in [0.05, 0.1) is 0 Å². The van der Waals surface area contributed by atoms with Crippen molar-refractivity contribution in [2.24, 2.45) is 0 Å². The van der Waals surface area contributed by atoms with Gasteiger partial charge in [0.2, 0.25) is 0 Å². The van der Waals surface area contributed by atoms with Crippen LogP contribution in [0.5, 0.6) is 0 Å². The Bertz CT molecular complexity index is 318. The van der Waals surface area contributed by atoms with E-state index in [2.05, 4.69) is 76.9 Å². The van der Waals surface area contributed by atoms with Crippen LogP contribution in [0.4, 0.5) is 0 Å². The van der Waals surface area contributed by atoms with E-state index in [1.165, 1.54) is 7.11 Å². The number of esters is 1. The van der Waals surface area contributed by atoms with Crippen molar-refractivity contribution in [1.29, 1.82) is 0 Å². The third kappa shape index (κ3) is 8.80. The fourth-order valence-corrected chi connectivity index (χ4v) is 2.13. The summed E-state index contributed by atoms with van der Waals surface area (Å²) in [7, 11) is -0.600. The van der Waals surface area contributed by atoms with Crippen LogP contribution >= 0.6 is 0 Å². The summed E-state index contributed by atoms with van der Waals surface area (Å²) in [6, 6.07) is 0. The molecule has 0 aliphatic heterocycles. The summed E-state index contributed by atoms with van der Waals surface area (Å²) in [6.07, 6.45) is 0. The van der Waals surface area contributed by atoms with Crippen molar-refractivity contribution in [3.05, 3.63) is 26.2 Å². The van der Waals surface area contributed by atoms with E-state index in [1.54, 1.807) is 13.8 Å². The first kappa shape index (κ1) is 24.7. The van der Waals surface area contributed by atoms with Crippen molar-refractivity contribution in [3.63, 3.8) is 0 Å². The Labute approximate surface area is 136 Å². The van der Waals surface area contributed by atoms with Gasteiger partial charge in [0, 0.05) is 0 Å². The SMILES string of the molecule is C=C(O[Si](C)(C)C(C)(C)C)[C](=[Rh])C(=O)OC.[CH2-]C.[CH2-]C. The van der Waals surface area contributed by atoms with Crippen molar-refractivity contribution in [2.75, 3.05) is 7.11 Å². The van der Waals surface area contributed by atoms with Gasteiger partial charge in [0.1, 0.15) is 0 Å². The van der Waals surface area contributed by atoms with E-state index in [0.717, 1.165) is 0 Å². The number of carbonyl (C=O) groups is 1. The fraction of sp³-hybridized carbons (Fsp3) is 0.600. The average Bonchev–Trinajstić information content (AvgIpc) is 2.39. The monoisotopic (exact) mass is 389 g/mol. The zero-order chi connectivity index (χ0) is 17.1. The van der Waals surface area contributed by atoms with Crippen LogP contribution in [0.2, 0.25) is 18.1 Å². The van der Waals surface area contributed by atoms with Gasteiger partial charge in [0.15, 0.2) is 0 Å². The van der Waals surface area contributed by atoms with Crippen molar-refractivity contribution >= 4 is 18.4 Å². The number of hydrogen-bond acceptors (Lipinski definition) is 3. The van der Waals surface area contributed by atoms with Gasteiger partial charge in [0.25, 0.3) is 0 Å². The predicted octanol–water partition coefficient (Wildman–Crippen LogP) is 4.09. The Hall–Kier alpha value is -0.280. The normalized spacial score (nSPS) is 10.2. The van der Waals surface area contributed by atoms with E-state index >= 15 is 0 Å². The molecule has 123 valence electrons. The van der Waals surface area contributed by atoms with Crippen LogP contribution < -0.4 is 0 Å². The van der Waals surface area contributed by atoms with E-state index < -0.39 is 14.3 Å². The first-order valence-electron chi connectivity index (χ1n) is 6.41. The van der Waals surface area contributed by atoms with Gasteiger partial charge in [-0.2, -0.15) is 13.8 Å². The quantitative estimate of drug-likeness (QED) is 0.314. The first-order valence-corrected chi connectivity index (χ1v) is 10.1. The van der Waals surface area contributed by atoms with Crippen LogP contribution in [0.15, 0.2) is 12.3 Å². The molecule has 0 fully saturated rings. The molecule has 0 spiro atoms. The molecule has 0 unspecified atom stereocenters. The van der Waals surface area contributed by atoms with Crippen LogP contribution in [-0.4, -0.2) is 25.5 Å². The van der Waals surface area contributed by atoms with Gasteiger partial charge < -0.3 is 13.8 Å². The Morgan fingerprint density at radius 1 is 1.15 bits per heavy atom. The number of methoxy groups -OCH3 is 1. The maximum absolute atomic E-state index is 11.3. The zero-order valence-electron chi connectivity index (χ0n) is 14.2. The van der Waals surface area contributed by atoms with Crippen LogP contribution in [0, 0.1) is 13.8 Å². The third-order valence-electron chi connectivity index (χ3n) is 2.77. The summed E-state index contributed by atoms with van der Waals surface area (Å²) < 4.78 is 10.8. The van der Waals surface area contributed by atoms with Gasteiger partial charge in [-0.25, -0.2) is 0 Å². The molecule has 0 heterocycles. The smallest absolute Gasteiger partial charge is 0.194 e. The molecule has 20 heavy (non-hydrogen) atoms. The van der Waals surface area contributed by atoms with Crippen LogP contribution in [-0.2, 0) is 31.8 Å². The maximum Gasteiger partial charge on any atom is -0.194 e. The van der Waals surface area contributed by atoms with Crippen molar-refractivity contribution in [2.45, 2.75) is 52.8 Å². The predicted molar refractivity (Wildman–Crippen MR) is 86.5 cm³/mol. The molecule has 5 heteroatoms. The summed E-state index contributed by atoms with van der Waals surface area (Å²) in [5.74, 6) is -0.0541. The standard InChI is InChI=1S/C11H20O3Si.2C2H5.Rh/c1-9(8-10(12)13-5)14-15(6,7)11(2,3)4;2*1-2;/h1H2,2-7H3;2*1H2,2H3;/q;2*-1;. The number of rotatable bonds is 4. The van der Waals surface area contributed by atoms with Gasteiger partial charge >= 0.3 is 109 Å². The van der Waals surface area contributed by atoms with E-state index in [1.807, 2.05) is 0 Å². The van der Waals surface area contributed by atoms with Crippen molar-refractivity contribution in [3.8, 4) is 0 Å². The second-order valence-electron chi connectivity index (χ2n) is 5.07. The Morgan fingerprint density at radius 3 is 1.75 bits per heavy atom. The number of ether oxygens (including phenoxy) is 1. The van der Waals surface area contributed by atoms with Crippen molar-refractivity contribution < 1.29 is 31.8 Å². The molecule has 0 rings (SSSR count). The molecule has 3 nitrogen and oxygen atoms in total. The topological polar surface area (TPSA) is 35.5 Å². The van der Waals surface area contributed by atoms with Crippen molar-refractivity contribution in [1.82, 2.24) is 0 Å². The summed E-state index contributed by atoms with van der Waals surface area (Å²) >= 11 is 2.52. The van der Waals surface area contributed by atoms with Gasteiger partial charge in [-0.05, 0) is 0 Å². The first-order chi connectivity index (χ1) is 9.03. The van der Waals surface area contributed by atoms with E-state index in [9.17, 15) is 4.79 Å². The molecule has 0 aromatic carbocycles. The Morgan fingerprint density at radius 2 is 1.50 bits per heavy atom. The summed E-state index contributed by atoms with van der Waals surface area (Å²) in [5.41, 5.74) is 0. The van der Waals surface area contributed by atoms with E-state index in [0.29, 0.717) is 9.87 Å². The largest absolute Gasteiger partial charge is 0.346 e. The molecular weight excluding hydrogens is 359 g/mol. The van der Waals surface area contributed by atoms with Crippen LogP contribution in [0.25, 0.3) is 0 Å². The fourth-order valence-electron chi connectivity index (χ4n) is 0.703. The van der Waals surface area contributed by atoms with Gasteiger partial charge in [-0.1, -0.05) is 0 Å². The molecule has 0 saturated carbocycles. The second-order valence-corrected chi connectivity index (χ2v) is 10.6. The molecule has 0 aliphatic carbocycles. The molecular formula is C15H30O3RhSi-2. The summed E-state index contributed by atoms with van der Waals surface area (Å²) in [6.45, 7) is 24.4. The summed E-state index contributed by atoms with van der Waals surface area (Å²) in [5, 5.41) is 0.0774. The maximum atomic E-state index is 11.3. The molecule has 0 amide bonds. The van der Waals surface area contributed by atoms with Crippen LogP contribution in [0.1, 0.15) is 34.6 Å². The van der Waals surface area contributed by atoms with Gasteiger partial charge in [-0.3, -0.25) is 0 Å². The average molecular weight is 389 g/mol. The number of hydrogen-bond donors (Lipinski definition) is 0. The molecule has 0 aliphatic rings. The summed E-state index contributed by atoms with van der Waals surface area (Å²) in [4.78, 5) is 11.3. The minimum Gasteiger partial charge on any atom is -0.346 e. The Balaban J connectivity index is -0.000000656.